The summed E-state index contributed by atoms with van der Waals surface area (Å²) in [6.45, 7) is 4.25. The van der Waals surface area contributed by atoms with E-state index in [1.165, 1.54) is 10.7 Å². The summed E-state index contributed by atoms with van der Waals surface area (Å²) in [5, 5.41) is 9.12. The molecular weight excluding hydrogens is 442 g/mol. The summed E-state index contributed by atoms with van der Waals surface area (Å²) in [6.07, 6.45) is 2.97. The van der Waals surface area contributed by atoms with Crippen LogP contribution in [0.4, 0.5) is 10.5 Å². The van der Waals surface area contributed by atoms with E-state index in [1.807, 2.05) is 19.1 Å². The fourth-order valence-corrected chi connectivity index (χ4v) is 5.00. The highest BCUT2D eigenvalue weighted by molar-refractivity contribution is 6.14. The monoisotopic (exact) mass is 479 g/mol. The first-order valence-corrected chi connectivity index (χ1v) is 12.2. The molecule has 1 atom stereocenters. The van der Waals surface area contributed by atoms with Gasteiger partial charge in [0.2, 0.25) is 0 Å². The Morgan fingerprint density at radius 2 is 1.71 bits per heavy atom. The Kier molecular flexibility index (Phi) is 7.50. The van der Waals surface area contributed by atoms with Crippen LogP contribution >= 0.6 is 0 Å². The molecule has 0 spiro atoms. The van der Waals surface area contributed by atoms with Crippen molar-refractivity contribution in [3.05, 3.63) is 53.1 Å². The minimum absolute atomic E-state index is 0.126. The van der Waals surface area contributed by atoms with Crippen molar-refractivity contribution < 1.29 is 14.3 Å². The number of nitrogens with one attached hydrogen (secondary N) is 1. The van der Waals surface area contributed by atoms with Crippen LogP contribution in [0.5, 0.6) is 11.5 Å². The second-order valence-electron chi connectivity index (χ2n) is 9.46. The molecule has 0 aromatic heterocycles. The number of piperidine rings is 1. The normalized spacial score (nSPS) is 18.9. The van der Waals surface area contributed by atoms with E-state index in [0.717, 1.165) is 48.3 Å². The van der Waals surface area contributed by atoms with E-state index < -0.39 is 0 Å². The molecule has 188 valence electrons. The average molecular weight is 480 g/mol. The molecule has 1 saturated heterocycles. The lowest BCUT2D eigenvalue weighted by molar-refractivity contribution is 0.184. The highest BCUT2D eigenvalue weighted by atomic mass is 16.5. The number of hydrogen-bond donors (Lipinski definition) is 1. The van der Waals surface area contributed by atoms with Crippen molar-refractivity contribution in [3.63, 3.8) is 0 Å². The summed E-state index contributed by atoms with van der Waals surface area (Å²) < 4.78 is 11.1. The first-order chi connectivity index (χ1) is 16.9. The van der Waals surface area contributed by atoms with Gasteiger partial charge in [-0.2, -0.15) is 5.10 Å². The van der Waals surface area contributed by atoms with Gasteiger partial charge in [0.15, 0.2) is 11.5 Å². The lowest BCUT2D eigenvalue weighted by Gasteiger charge is -2.36. The van der Waals surface area contributed by atoms with Crippen molar-refractivity contribution in [1.29, 1.82) is 0 Å². The SMILES string of the molecule is CNC(=O)N1N=C(c2ccc(N(C)C3CCN(C)CC3)cc2)c2cc(OC)c(OC)cc2C[C@@H]1C. The number of anilines is 1. The maximum Gasteiger partial charge on any atom is 0.337 e. The second-order valence-corrected chi connectivity index (χ2v) is 9.46. The van der Waals surface area contributed by atoms with Crippen molar-refractivity contribution in [2.24, 2.45) is 5.10 Å². The molecule has 2 aromatic carbocycles. The van der Waals surface area contributed by atoms with Crippen molar-refractivity contribution in [1.82, 2.24) is 15.2 Å². The standard InChI is InChI=1S/C27H37N5O3/c1-18-15-20-16-24(34-5)25(35-6)17-23(20)26(29-32(18)27(33)28-2)19-7-9-21(10-8-19)31(4)22-11-13-30(3)14-12-22/h7-10,16-18,22H,11-15H2,1-6H3,(H,28,33)/t18-/m0/s1. The number of urea groups is 1. The zero-order chi connectivity index (χ0) is 25.1. The third-order valence-corrected chi connectivity index (χ3v) is 7.21. The summed E-state index contributed by atoms with van der Waals surface area (Å²) in [4.78, 5) is 17.5. The molecule has 2 aliphatic rings. The van der Waals surface area contributed by atoms with Crippen LogP contribution in [0, 0.1) is 0 Å². The van der Waals surface area contributed by atoms with E-state index in [9.17, 15) is 4.79 Å². The van der Waals surface area contributed by atoms with Crippen molar-refractivity contribution >= 4 is 17.4 Å². The number of likely N-dealkylation sites (tertiary alicyclic amines) is 1. The fourth-order valence-electron chi connectivity index (χ4n) is 5.00. The van der Waals surface area contributed by atoms with Crippen molar-refractivity contribution in [2.45, 2.75) is 38.3 Å². The maximum absolute atomic E-state index is 12.7. The molecule has 0 radical (unpaired) electrons. The summed E-state index contributed by atoms with van der Waals surface area (Å²) in [5.41, 5.74) is 4.87. The number of hydrogen-bond acceptors (Lipinski definition) is 6. The highest BCUT2D eigenvalue weighted by Crippen LogP contribution is 2.35. The summed E-state index contributed by atoms with van der Waals surface area (Å²) in [7, 11) is 9.25. The first-order valence-electron chi connectivity index (χ1n) is 12.2. The Bertz CT molecular complexity index is 1080. The highest BCUT2D eigenvalue weighted by Gasteiger charge is 2.28. The van der Waals surface area contributed by atoms with Gasteiger partial charge in [-0.25, -0.2) is 9.80 Å². The Morgan fingerprint density at radius 1 is 1.09 bits per heavy atom. The number of methoxy groups -OCH3 is 2. The number of benzene rings is 2. The molecule has 2 amide bonds. The zero-order valence-corrected chi connectivity index (χ0v) is 21.7. The van der Waals surface area contributed by atoms with Crippen LogP contribution in [0.1, 0.15) is 36.5 Å². The predicted octanol–water partition coefficient (Wildman–Crippen LogP) is 3.57. The molecule has 1 N–H and O–H groups in total. The molecule has 0 bridgehead atoms. The van der Waals surface area contributed by atoms with Crippen LogP contribution in [0.2, 0.25) is 0 Å². The molecule has 4 rings (SSSR count). The van der Waals surface area contributed by atoms with Gasteiger partial charge < -0.3 is 24.6 Å². The van der Waals surface area contributed by atoms with Crippen molar-refractivity contribution in [2.75, 3.05) is 53.4 Å². The largest absolute Gasteiger partial charge is 0.493 e. The lowest BCUT2D eigenvalue weighted by atomic mass is 9.93. The smallest absolute Gasteiger partial charge is 0.337 e. The van der Waals surface area contributed by atoms with E-state index in [0.29, 0.717) is 24.0 Å². The van der Waals surface area contributed by atoms with E-state index >= 15 is 0 Å². The molecule has 0 saturated carbocycles. The molecule has 0 aliphatic carbocycles. The number of fused-ring (bicyclic) bond motifs is 1. The Balaban J connectivity index is 1.73. The molecule has 8 heteroatoms. The van der Waals surface area contributed by atoms with Gasteiger partial charge in [-0.3, -0.25) is 0 Å². The summed E-state index contributed by atoms with van der Waals surface area (Å²) >= 11 is 0. The molecule has 35 heavy (non-hydrogen) atoms. The molecule has 0 unspecified atom stereocenters. The zero-order valence-electron chi connectivity index (χ0n) is 21.7. The molecular formula is C27H37N5O3. The third kappa shape index (κ3) is 5.07. The van der Waals surface area contributed by atoms with E-state index in [1.54, 1.807) is 21.3 Å². The number of amides is 2. The van der Waals surface area contributed by atoms with E-state index in [2.05, 4.69) is 53.5 Å². The average Bonchev–Trinajstić information content (AvgIpc) is 3.03. The molecule has 1 fully saturated rings. The van der Waals surface area contributed by atoms with Crippen molar-refractivity contribution in [3.8, 4) is 11.5 Å². The number of carbonyl (C=O) groups excluding carboxylic acids is 1. The summed E-state index contributed by atoms with van der Waals surface area (Å²) in [5.74, 6) is 1.31. The Morgan fingerprint density at radius 3 is 2.31 bits per heavy atom. The Hall–Kier alpha value is -3.26. The molecule has 2 aromatic rings. The predicted molar refractivity (Wildman–Crippen MR) is 140 cm³/mol. The quantitative estimate of drug-likeness (QED) is 0.710. The van der Waals surface area contributed by atoms with Crippen LogP contribution in [0.15, 0.2) is 41.5 Å². The first kappa shape index (κ1) is 24.9. The van der Waals surface area contributed by atoms with E-state index in [-0.39, 0.29) is 12.1 Å². The van der Waals surface area contributed by atoms with Gasteiger partial charge in [0.25, 0.3) is 0 Å². The molecule has 2 aliphatic heterocycles. The fraction of sp³-hybridized carbons (Fsp3) is 0.481. The minimum Gasteiger partial charge on any atom is -0.493 e. The number of carbonyl (C=O) groups is 1. The van der Waals surface area contributed by atoms with Crippen LogP contribution in [0.3, 0.4) is 0 Å². The van der Waals surface area contributed by atoms with E-state index in [4.69, 9.17) is 14.6 Å². The van der Waals surface area contributed by atoms with Crippen LogP contribution in [0.25, 0.3) is 0 Å². The van der Waals surface area contributed by atoms with Gasteiger partial charge in [-0.1, -0.05) is 12.1 Å². The summed E-state index contributed by atoms with van der Waals surface area (Å²) in [6, 6.07) is 12.6. The topological polar surface area (TPSA) is 69.6 Å². The lowest BCUT2D eigenvalue weighted by Crippen LogP contribution is -2.42. The van der Waals surface area contributed by atoms with Gasteiger partial charge in [-0.15, -0.1) is 0 Å². The van der Waals surface area contributed by atoms with Crippen LogP contribution < -0.4 is 19.7 Å². The minimum atomic E-state index is -0.236. The van der Waals surface area contributed by atoms with Gasteiger partial charge in [0.05, 0.1) is 26.0 Å². The van der Waals surface area contributed by atoms with Gasteiger partial charge in [-0.05, 0) is 76.2 Å². The molecule has 2 heterocycles. The van der Waals surface area contributed by atoms with Gasteiger partial charge >= 0.3 is 6.03 Å². The molecule has 8 nitrogen and oxygen atoms in total. The van der Waals surface area contributed by atoms with Gasteiger partial charge in [0.1, 0.15) is 0 Å². The van der Waals surface area contributed by atoms with Gasteiger partial charge in [0, 0.05) is 37.0 Å². The number of hydrazone groups is 1. The third-order valence-electron chi connectivity index (χ3n) is 7.21. The maximum atomic E-state index is 12.7. The van der Waals surface area contributed by atoms with Crippen LogP contribution in [-0.2, 0) is 6.42 Å². The second kappa shape index (κ2) is 10.6. The van der Waals surface area contributed by atoms with Crippen LogP contribution in [-0.4, -0.2) is 82.2 Å². The number of nitrogens with zero attached hydrogens (tertiary/aromatic N) is 4. The number of ether oxygens (including phenoxy) is 2. The Labute approximate surface area is 208 Å². The number of rotatable bonds is 5.